The second-order valence-corrected chi connectivity index (χ2v) is 7.84. The molecule has 3 rings (SSSR count). The highest BCUT2D eigenvalue weighted by Gasteiger charge is 2.27. The first-order valence-electron chi connectivity index (χ1n) is 8.84. The van der Waals surface area contributed by atoms with Crippen molar-refractivity contribution >= 4 is 46.9 Å². The fourth-order valence-corrected chi connectivity index (χ4v) is 4.12. The Bertz CT molecular complexity index is 959. The number of nitrogens with one attached hydrogen (secondary N) is 1. The molecular formula is C21H21ClN2O4S. The zero-order chi connectivity index (χ0) is 21.0. The van der Waals surface area contributed by atoms with Crippen molar-refractivity contribution in [1.82, 2.24) is 5.32 Å². The van der Waals surface area contributed by atoms with Gasteiger partial charge in [0.25, 0.3) is 11.8 Å². The minimum atomic E-state index is -0.518. The molecule has 1 aliphatic rings. The van der Waals surface area contributed by atoms with Gasteiger partial charge in [-0.15, -0.1) is 0 Å². The maximum atomic E-state index is 12.8. The third kappa shape index (κ3) is 5.00. The van der Waals surface area contributed by atoms with Gasteiger partial charge in [-0.2, -0.15) is 0 Å². The number of methoxy groups -OCH3 is 2. The van der Waals surface area contributed by atoms with Gasteiger partial charge < -0.3 is 19.7 Å². The summed E-state index contributed by atoms with van der Waals surface area (Å²) in [6, 6.07) is 12.6. The number of fused-ring (bicyclic) bond motifs is 1. The minimum absolute atomic E-state index is 0.140. The SMILES string of the molecule is COC(CNC(=O)c1ccc2c(c1)N(C)C(=O)C(=Cc1cccc(Cl)c1)S2)OC. The Balaban J connectivity index is 1.81. The number of carbonyl (C=O) groups is 2. The van der Waals surface area contributed by atoms with Crippen LogP contribution in [0.5, 0.6) is 0 Å². The molecule has 29 heavy (non-hydrogen) atoms. The van der Waals surface area contributed by atoms with Gasteiger partial charge in [-0.25, -0.2) is 0 Å². The standard InChI is InChI=1S/C21H21ClN2O4S/c1-24-16-11-14(20(25)23-12-19(27-2)28-3)7-8-17(16)29-18(21(24)26)10-13-5-4-6-15(22)9-13/h4-11,19H,12H2,1-3H3,(H,23,25). The van der Waals surface area contributed by atoms with Crippen molar-refractivity contribution in [3.63, 3.8) is 0 Å². The summed E-state index contributed by atoms with van der Waals surface area (Å²) in [7, 11) is 4.71. The second-order valence-electron chi connectivity index (χ2n) is 6.32. The molecule has 2 aromatic rings. The number of halogens is 1. The maximum absolute atomic E-state index is 12.8. The number of rotatable bonds is 6. The van der Waals surface area contributed by atoms with Crippen molar-refractivity contribution in [2.24, 2.45) is 0 Å². The number of ether oxygens (including phenoxy) is 2. The summed E-state index contributed by atoms with van der Waals surface area (Å²) >= 11 is 7.41. The lowest BCUT2D eigenvalue weighted by molar-refractivity contribution is -0.114. The smallest absolute Gasteiger partial charge is 0.264 e. The van der Waals surface area contributed by atoms with E-state index in [9.17, 15) is 9.59 Å². The van der Waals surface area contributed by atoms with Gasteiger partial charge in [0.15, 0.2) is 6.29 Å². The molecule has 0 saturated carbocycles. The number of hydrogen-bond donors (Lipinski definition) is 1. The Morgan fingerprint density at radius 1 is 1.24 bits per heavy atom. The average molecular weight is 433 g/mol. The molecule has 152 valence electrons. The fourth-order valence-electron chi connectivity index (χ4n) is 2.82. The van der Waals surface area contributed by atoms with Gasteiger partial charge in [0.05, 0.1) is 17.1 Å². The molecule has 0 radical (unpaired) electrons. The van der Waals surface area contributed by atoms with Gasteiger partial charge in [-0.05, 0) is 42.0 Å². The molecule has 0 aromatic heterocycles. The third-order valence-electron chi connectivity index (χ3n) is 4.42. The van der Waals surface area contributed by atoms with Crippen molar-refractivity contribution < 1.29 is 19.1 Å². The van der Waals surface area contributed by atoms with Crippen LogP contribution in [0.1, 0.15) is 15.9 Å². The molecule has 0 spiro atoms. The number of carbonyl (C=O) groups excluding carboxylic acids is 2. The van der Waals surface area contributed by atoms with Crippen LogP contribution in [0.25, 0.3) is 6.08 Å². The molecule has 1 N–H and O–H groups in total. The van der Waals surface area contributed by atoms with E-state index in [0.717, 1.165) is 10.5 Å². The molecule has 1 aliphatic heterocycles. The van der Waals surface area contributed by atoms with Crippen LogP contribution in [-0.2, 0) is 14.3 Å². The van der Waals surface area contributed by atoms with Gasteiger partial charge in [0.2, 0.25) is 0 Å². The van der Waals surface area contributed by atoms with E-state index in [1.54, 1.807) is 36.2 Å². The number of likely N-dealkylation sites (N-methyl/N-ethyl adjacent to an activating group) is 1. The monoisotopic (exact) mass is 432 g/mol. The summed E-state index contributed by atoms with van der Waals surface area (Å²) in [5, 5.41) is 3.37. The van der Waals surface area contributed by atoms with Gasteiger partial charge in [0.1, 0.15) is 0 Å². The molecule has 0 unspecified atom stereocenters. The van der Waals surface area contributed by atoms with E-state index >= 15 is 0 Å². The van der Waals surface area contributed by atoms with E-state index in [4.69, 9.17) is 21.1 Å². The number of benzene rings is 2. The Morgan fingerprint density at radius 2 is 2.00 bits per heavy atom. The summed E-state index contributed by atoms with van der Waals surface area (Å²) < 4.78 is 10.1. The minimum Gasteiger partial charge on any atom is -0.354 e. The van der Waals surface area contributed by atoms with Crippen LogP contribution in [0.2, 0.25) is 5.02 Å². The number of nitrogens with zero attached hydrogens (tertiary/aromatic N) is 1. The molecule has 0 aliphatic carbocycles. The van der Waals surface area contributed by atoms with Crippen molar-refractivity contribution in [3.05, 3.63) is 63.5 Å². The van der Waals surface area contributed by atoms with Crippen molar-refractivity contribution in [2.45, 2.75) is 11.2 Å². The molecule has 6 nitrogen and oxygen atoms in total. The largest absolute Gasteiger partial charge is 0.354 e. The second kappa shape index (κ2) is 9.45. The summed E-state index contributed by atoms with van der Waals surface area (Å²) in [5.74, 6) is -0.406. The third-order valence-corrected chi connectivity index (χ3v) is 5.73. The predicted molar refractivity (Wildman–Crippen MR) is 115 cm³/mol. The van der Waals surface area contributed by atoms with Crippen LogP contribution in [0, 0.1) is 0 Å². The number of thioether (sulfide) groups is 1. The molecular weight excluding hydrogens is 412 g/mol. The van der Waals surface area contributed by atoms with Crippen LogP contribution >= 0.6 is 23.4 Å². The highest BCUT2D eigenvalue weighted by atomic mass is 35.5. The topological polar surface area (TPSA) is 67.9 Å². The highest BCUT2D eigenvalue weighted by molar-refractivity contribution is 8.04. The quantitative estimate of drug-likeness (QED) is 0.555. The van der Waals surface area contributed by atoms with Crippen LogP contribution in [0.4, 0.5) is 5.69 Å². The lowest BCUT2D eigenvalue weighted by Gasteiger charge is -2.27. The molecule has 0 saturated heterocycles. The lowest BCUT2D eigenvalue weighted by Crippen LogP contribution is -2.34. The zero-order valence-corrected chi connectivity index (χ0v) is 17.8. The first kappa shape index (κ1) is 21.4. The normalized spacial score (nSPS) is 15.0. The van der Waals surface area contributed by atoms with Crippen LogP contribution in [0.15, 0.2) is 52.3 Å². The summed E-state index contributed by atoms with van der Waals surface area (Å²) in [6.07, 6.45) is 1.30. The molecule has 0 atom stereocenters. The van der Waals surface area contributed by atoms with Crippen molar-refractivity contribution in [2.75, 3.05) is 32.7 Å². The average Bonchev–Trinajstić information content (AvgIpc) is 2.72. The van der Waals surface area contributed by atoms with Crippen molar-refractivity contribution in [1.29, 1.82) is 0 Å². The van der Waals surface area contributed by atoms with E-state index in [2.05, 4.69) is 5.32 Å². The first-order valence-corrected chi connectivity index (χ1v) is 10.0. The van der Waals surface area contributed by atoms with Gasteiger partial charge in [-0.1, -0.05) is 35.5 Å². The number of hydrogen-bond acceptors (Lipinski definition) is 5. The van der Waals surface area contributed by atoms with E-state index < -0.39 is 6.29 Å². The summed E-state index contributed by atoms with van der Waals surface area (Å²) in [4.78, 5) is 28.3. The maximum Gasteiger partial charge on any atom is 0.264 e. The van der Waals surface area contributed by atoms with E-state index in [-0.39, 0.29) is 18.4 Å². The highest BCUT2D eigenvalue weighted by Crippen LogP contribution is 2.42. The van der Waals surface area contributed by atoms with Gasteiger partial charge in [0, 0.05) is 36.7 Å². The molecule has 0 fully saturated rings. The molecule has 2 amide bonds. The number of anilines is 1. The van der Waals surface area contributed by atoms with Crippen molar-refractivity contribution in [3.8, 4) is 0 Å². The van der Waals surface area contributed by atoms with E-state index in [0.29, 0.717) is 21.2 Å². The lowest BCUT2D eigenvalue weighted by atomic mass is 10.1. The van der Waals surface area contributed by atoms with Crippen LogP contribution in [0.3, 0.4) is 0 Å². The van der Waals surface area contributed by atoms with Gasteiger partial charge >= 0.3 is 0 Å². The van der Waals surface area contributed by atoms with E-state index in [1.165, 1.54) is 26.0 Å². The Hall–Kier alpha value is -2.32. The molecule has 8 heteroatoms. The summed E-state index contributed by atoms with van der Waals surface area (Å²) in [5.41, 5.74) is 2.00. The Labute approximate surface area is 178 Å². The number of amides is 2. The predicted octanol–water partition coefficient (Wildman–Crippen LogP) is 3.80. The van der Waals surface area contributed by atoms with Gasteiger partial charge in [-0.3, -0.25) is 9.59 Å². The molecule has 0 bridgehead atoms. The Kier molecular flexibility index (Phi) is 6.97. The van der Waals surface area contributed by atoms with Crippen LogP contribution in [-0.4, -0.2) is 45.9 Å². The Morgan fingerprint density at radius 3 is 2.69 bits per heavy atom. The van der Waals surface area contributed by atoms with E-state index in [1.807, 2.05) is 24.3 Å². The first-order chi connectivity index (χ1) is 13.9. The fraction of sp³-hybridized carbons (Fsp3) is 0.238. The zero-order valence-electron chi connectivity index (χ0n) is 16.3. The molecule has 1 heterocycles. The molecule has 2 aromatic carbocycles. The summed E-state index contributed by atoms with van der Waals surface area (Å²) in [6.45, 7) is 0.221. The van der Waals surface area contributed by atoms with Crippen LogP contribution < -0.4 is 10.2 Å².